The number of hydrogen-bond acceptors (Lipinski definition) is 4. The highest BCUT2D eigenvalue weighted by molar-refractivity contribution is 7.09. The summed E-state index contributed by atoms with van der Waals surface area (Å²) in [5, 5.41) is 9.94. The number of nitrogens with zero attached hydrogens (tertiary/aromatic N) is 3. The van der Waals surface area contributed by atoms with Gasteiger partial charge in [-0.25, -0.2) is 9.98 Å². The highest BCUT2D eigenvalue weighted by Crippen LogP contribution is 2.20. The molecule has 2 N–H and O–H groups in total. The SMILES string of the molecule is CCNC(=NCc1csc(C(C)C)n1)NCC1CC(=O)N(CCc2ccccc2)C1. The first-order valence-electron chi connectivity index (χ1n) is 10.8. The van der Waals surface area contributed by atoms with Gasteiger partial charge >= 0.3 is 0 Å². The minimum absolute atomic E-state index is 0.253. The first kappa shape index (κ1) is 22.3. The summed E-state index contributed by atoms with van der Waals surface area (Å²) in [4.78, 5) is 23.7. The smallest absolute Gasteiger partial charge is 0.223 e. The topological polar surface area (TPSA) is 69.6 Å². The third kappa shape index (κ3) is 6.55. The maximum Gasteiger partial charge on any atom is 0.223 e. The predicted octanol–water partition coefficient (Wildman–Crippen LogP) is 3.41. The Morgan fingerprint density at radius 1 is 1.30 bits per heavy atom. The fraction of sp³-hybridized carbons (Fsp3) is 0.522. The summed E-state index contributed by atoms with van der Waals surface area (Å²) in [6.45, 7) is 10.1. The Bertz CT molecular complexity index is 833. The van der Waals surface area contributed by atoms with Crippen LogP contribution in [0.25, 0.3) is 0 Å². The lowest BCUT2D eigenvalue weighted by molar-refractivity contribution is -0.127. The first-order chi connectivity index (χ1) is 14.5. The number of hydrogen-bond donors (Lipinski definition) is 2. The van der Waals surface area contributed by atoms with Gasteiger partial charge in [-0.15, -0.1) is 11.3 Å². The number of aromatic nitrogens is 1. The van der Waals surface area contributed by atoms with E-state index in [0.717, 1.165) is 49.3 Å². The Balaban J connectivity index is 1.47. The third-order valence-electron chi connectivity index (χ3n) is 5.17. The van der Waals surface area contributed by atoms with Gasteiger partial charge in [-0.2, -0.15) is 0 Å². The molecule has 1 aliphatic rings. The van der Waals surface area contributed by atoms with Crippen molar-refractivity contribution in [3.05, 3.63) is 52.0 Å². The molecule has 1 atom stereocenters. The zero-order valence-corrected chi connectivity index (χ0v) is 19.0. The number of nitrogens with one attached hydrogen (secondary N) is 2. The van der Waals surface area contributed by atoms with Crippen molar-refractivity contribution in [1.82, 2.24) is 20.5 Å². The second kappa shape index (κ2) is 11.1. The number of benzene rings is 1. The average molecular weight is 428 g/mol. The van der Waals surface area contributed by atoms with Crippen LogP contribution in [0.2, 0.25) is 0 Å². The molecule has 0 bridgehead atoms. The van der Waals surface area contributed by atoms with Crippen molar-refractivity contribution in [2.75, 3.05) is 26.2 Å². The van der Waals surface area contributed by atoms with Crippen LogP contribution in [0.5, 0.6) is 0 Å². The molecular weight excluding hydrogens is 394 g/mol. The van der Waals surface area contributed by atoms with Crippen LogP contribution in [0.1, 0.15) is 49.4 Å². The lowest BCUT2D eigenvalue weighted by atomic mass is 10.1. The van der Waals surface area contributed by atoms with Gasteiger partial charge in [-0.1, -0.05) is 44.2 Å². The van der Waals surface area contributed by atoms with Gasteiger partial charge in [0.15, 0.2) is 5.96 Å². The fourth-order valence-electron chi connectivity index (χ4n) is 3.52. The Morgan fingerprint density at radius 2 is 2.10 bits per heavy atom. The minimum atomic E-state index is 0.253. The van der Waals surface area contributed by atoms with Crippen molar-refractivity contribution in [2.45, 2.75) is 46.1 Å². The van der Waals surface area contributed by atoms with Crippen LogP contribution in [0.3, 0.4) is 0 Å². The number of rotatable bonds is 9. The van der Waals surface area contributed by atoms with E-state index >= 15 is 0 Å². The number of carbonyl (C=O) groups is 1. The maximum absolute atomic E-state index is 12.4. The molecule has 3 rings (SSSR count). The lowest BCUT2D eigenvalue weighted by Crippen LogP contribution is -2.40. The molecule has 1 unspecified atom stereocenters. The molecular formula is C23H33N5OS. The Morgan fingerprint density at radius 3 is 2.80 bits per heavy atom. The van der Waals surface area contributed by atoms with E-state index in [0.29, 0.717) is 24.8 Å². The van der Waals surface area contributed by atoms with Crippen LogP contribution in [-0.2, 0) is 17.8 Å². The van der Waals surface area contributed by atoms with Crippen molar-refractivity contribution in [1.29, 1.82) is 0 Å². The fourth-order valence-corrected chi connectivity index (χ4v) is 4.34. The molecule has 6 nitrogen and oxygen atoms in total. The van der Waals surface area contributed by atoms with Gasteiger partial charge in [0.1, 0.15) is 0 Å². The summed E-state index contributed by atoms with van der Waals surface area (Å²) in [5.74, 6) is 1.79. The van der Waals surface area contributed by atoms with E-state index in [-0.39, 0.29) is 5.91 Å². The van der Waals surface area contributed by atoms with Gasteiger partial charge in [0, 0.05) is 49.8 Å². The van der Waals surface area contributed by atoms with Crippen LogP contribution in [0.15, 0.2) is 40.7 Å². The number of thiazole rings is 1. The van der Waals surface area contributed by atoms with Crippen molar-refractivity contribution in [3.8, 4) is 0 Å². The van der Waals surface area contributed by atoms with Gasteiger partial charge in [0.05, 0.1) is 17.2 Å². The largest absolute Gasteiger partial charge is 0.357 e. The summed E-state index contributed by atoms with van der Waals surface area (Å²) >= 11 is 1.70. The molecule has 1 aromatic carbocycles. The Hall–Kier alpha value is -2.41. The zero-order chi connectivity index (χ0) is 21.3. The van der Waals surface area contributed by atoms with Crippen LogP contribution in [-0.4, -0.2) is 47.9 Å². The lowest BCUT2D eigenvalue weighted by Gasteiger charge is -2.18. The summed E-state index contributed by atoms with van der Waals surface area (Å²) < 4.78 is 0. The zero-order valence-electron chi connectivity index (χ0n) is 18.2. The molecule has 0 spiro atoms. The van der Waals surface area contributed by atoms with E-state index < -0.39 is 0 Å². The molecule has 162 valence electrons. The quantitative estimate of drug-likeness (QED) is 0.475. The normalized spacial score (nSPS) is 17.1. The molecule has 1 aliphatic heterocycles. The molecule has 7 heteroatoms. The second-order valence-corrected chi connectivity index (χ2v) is 8.94. The van der Waals surface area contributed by atoms with E-state index in [1.165, 1.54) is 5.56 Å². The number of likely N-dealkylation sites (tertiary alicyclic amines) is 1. The van der Waals surface area contributed by atoms with E-state index in [9.17, 15) is 4.79 Å². The molecule has 1 saturated heterocycles. The van der Waals surface area contributed by atoms with Crippen molar-refractivity contribution in [2.24, 2.45) is 10.9 Å². The van der Waals surface area contributed by atoms with Gasteiger partial charge in [-0.05, 0) is 18.9 Å². The van der Waals surface area contributed by atoms with Gasteiger partial charge < -0.3 is 15.5 Å². The Kier molecular flexibility index (Phi) is 8.25. The van der Waals surface area contributed by atoms with Crippen molar-refractivity contribution < 1.29 is 4.79 Å². The molecule has 1 amide bonds. The third-order valence-corrected chi connectivity index (χ3v) is 6.37. The number of guanidine groups is 1. The van der Waals surface area contributed by atoms with E-state index in [1.807, 2.05) is 23.1 Å². The minimum Gasteiger partial charge on any atom is -0.357 e. The predicted molar refractivity (Wildman–Crippen MR) is 124 cm³/mol. The van der Waals surface area contributed by atoms with Crippen LogP contribution in [0, 0.1) is 5.92 Å². The highest BCUT2D eigenvalue weighted by Gasteiger charge is 2.29. The van der Waals surface area contributed by atoms with Crippen LogP contribution in [0.4, 0.5) is 0 Å². The molecule has 1 fully saturated rings. The first-order valence-corrected chi connectivity index (χ1v) is 11.7. The average Bonchev–Trinajstić information content (AvgIpc) is 3.36. The van der Waals surface area contributed by atoms with Crippen molar-refractivity contribution in [3.63, 3.8) is 0 Å². The van der Waals surface area contributed by atoms with E-state index in [1.54, 1.807) is 11.3 Å². The van der Waals surface area contributed by atoms with Crippen molar-refractivity contribution >= 4 is 23.2 Å². The molecule has 0 saturated carbocycles. The highest BCUT2D eigenvalue weighted by atomic mass is 32.1. The number of carbonyl (C=O) groups excluding carboxylic acids is 1. The summed E-state index contributed by atoms with van der Waals surface area (Å²) in [5.41, 5.74) is 2.28. The molecule has 0 radical (unpaired) electrons. The summed E-state index contributed by atoms with van der Waals surface area (Å²) in [6.07, 6.45) is 1.51. The standard InChI is InChI=1S/C23H33N5OS/c1-4-24-23(26-14-20-16-30-22(27-20)17(2)3)25-13-19-12-21(29)28(15-19)11-10-18-8-6-5-7-9-18/h5-9,16-17,19H,4,10-15H2,1-3H3,(H2,24,25,26). The van der Waals surface area contributed by atoms with Gasteiger partial charge in [-0.3, -0.25) is 4.79 Å². The molecule has 30 heavy (non-hydrogen) atoms. The van der Waals surface area contributed by atoms with E-state index in [2.05, 4.69) is 58.9 Å². The molecule has 2 aromatic rings. The summed E-state index contributed by atoms with van der Waals surface area (Å²) in [7, 11) is 0. The van der Waals surface area contributed by atoms with Crippen LogP contribution < -0.4 is 10.6 Å². The second-order valence-electron chi connectivity index (χ2n) is 8.05. The summed E-state index contributed by atoms with van der Waals surface area (Å²) in [6, 6.07) is 10.3. The Labute approximate surface area is 183 Å². The van der Waals surface area contributed by atoms with Crippen LogP contribution >= 0.6 is 11.3 Å². The molecule has 1 aromatic heterocycles. The van der Waals surface area contributed by atoms with Gasteiger partial charge in [0.2, 0.25) is 5.91 Å². The monoisotopic (exact) mass is 427 g/mol. The van der Waals surface area contributed by atoms with Gasteiger partial charge in [0.25, 0.3) is 0 Å². The number of amides is 1. The molecule has 2 heterocycles. The molecule has 0 aliphatic carbocycles. The van der Waals surface area contributed by atoms with E-state index in [4.69, 9.17) is 0 Å². The maximum atomic E-state index is 12.4. The number of aliphatic imine (C=N–C) groups is 1.